The summed E-state index contributed by atoms with van der Waals surface area (Å²) >= 11 is 1.46. The maximum atomic E-state index is 12.1. The van der Waals surface area contributed by atoms with Crippen LogP contribution in [0.4, 0.5) is 5.13 Å². The molecule has 1 saturated heterocycles. The van der Waals surface area contributed by atoms with Crippen molar-refractivity contribution in [3.8, 4) is 0 Å². The molecule has 0 aliphatic carbocycles. The van der Waals surface area contributed by atoms with E-state index >= 15 is 0 Å². The zero-order valence-corrected chi connectivity index (χ0v) is 14.0. The van der Waals surface area contributed by atoms with Crippen LogP contribution in [0.5, 0.6) is 0 Å². The van der Waals surface area contributed by atoms with E-state index in [1.807, 2.05) is 0 Å². The average Bonchev–Trinajstić information content (AvgIpc) is 3.04. The van der Waals surface area contributed by atoms with Gasteiger partial charge in [0.25, 0.3) is 0 Å². The summed E-state index contributed by atoms with van der Waals surface area (Å²) in [6.45, 7) is 0.783. The average molecular weight is 345 g/mol. The van der Waals surface area contributed by atoms with Crippen LogP contribution >= 0.6 is 11.3 Å². The molecule has 126 valence electrons. The van der Waals surface area contributed by atoms with Crippen LogP contribution in [0.3, 0.4) is 0 Å². The minimum atomic E-state index is -0.480. The first-order valence-electron chi connectivity index (χ1n) is 7.88. The van der Waals surface area contributed by atoms with E-state index in [1.54, 1.807) is 30.5 Å². The van der Waals surface area contributed by atoms with Crippen molar-refractivity contribution in [3.63, 3.8) is 0 Å². The summed E-state index contributed by atoms with van der Waals surface area (Å²) in [5.74, 6) is -0.626. The minimum Gasteiger partial charge on any atom is -0.373 e. The molecule has 1 aromatic carbocycles. The van der Waals surface area contributed by atoms with Crippen molar-refractivity contribution in [2.75, 3.05) is 11.9 Å². The van der Waals surface area contributed by atoms with Crippen molar-refractivity contribution in [1.29, 1.82) is 0 Å². The van der Waals surface area contributed by atoms with E-state index in [4.69, 9.17) is 10.5 Å². The van der Waals surface area contributed by atoms with Gasteiger partial charge >= 0.3 is 0 Å². The number of thiazole rings is 1. The number of ether oxygens (including phenoxy) is 1. The summed E-state index contributed by atoms with van der Waals surface area (Å²) in [6, 6.07) is 6.69. The third kappa shape index (κ3) is 4.18. The van der Waals surface area contributed by atoms with E-state index in [9.17, 15) is 9.59 Å². The second kappa shape index (κ2) is 7.55. The van der Waals surface area contributed by atoms with E-state index in [0.717, 1.165) is 36.3 Å². The number of nitrogens with one attached hydrogen (secondary N) is 1. The monoisotopic (exact) mass is 345 g/mol. The van der Waals surface area contributed by atoms with Gasteiger partial charge in [-0.2, -0.15) is 0 Å². The highest BCUT2D eigenvalue weighted by Crippen LogP contribution is 2.33. The SMILES string of the molecule is NC(=O)c1ccc(CC(=O)Nc2ncc(C3CCCCO3)s2)cc1. The zero-order valence-electron chi connectivity index (χ0n) is 13.2. The van der Waals surface area contributed by atoms with Crippen LogP contribution in [0.2, 0.25) is 0 Å². The first-order chi connectivity index (χ1) is 11.6. The van der Waals surface area contributed by atoms with Crippen LogP contribution in [0.1, 0.15) is 46.2 Å². The van der Waals surface area contributed by atoms with Gasteiger partial charge in [-0.1, -0.05) is 23.5 Å². The summed E-state index contributed by atoms with van der Waals surface area (Å²) in [5.41, 5.74) is 6.43. The highest BCUT2D eigenvalue weighted by atomic mass is 32.1. The molecule has 0 bridgehead atoms. The Balaban J connectivity index is 1.56. The van der Waals surface area contributed by atoms with Gasteiger partial charge in [0.05, 0.1) is 17.4 Å². The Morgan fingerprint density at radius 1 is 1.29 bits per heavy atom. The second-order valence-corrected chi connectivity index (χ2v) is 6.77. The van der Waals surface area contributed by atoms with Crippen molar-refractivity contribution in [3.05, 3.63) is 46.5 Å². The molecule has 7 heteroatoms. The maximum Gasteiger partial charge on any atom is 0.248 e. The van der Waals surface area contributed by atoms with E-state index in [1.165, 1.54) is 11.3 Å². The highest BCUT2D eigenvalue weighted by Gasteiger charge is 2.19. The summed E-state index contributed by atoms with van der Waals surface area (Å²) in [7, 11) is 0. The fraction of sp³-hybridized carbons (Fsp3) is 0.353. The van der Waals surface area contributed by atoms with E-state index < -0.39 is 5.91 Å². The minimum absolute atomic E-state index is 0.100. The Morgan fingerprint density at radius 2 is 2.08 bits per heavy atom. The molecule has 0 spiro atoms. The Labute approximate surface area is 144 Å². The summed E-state index contributed by atoms with van der Waals surface area (Å²) < 4.78 is 5.73. The quantitative estimate of drug-likeness (QED) is 0.871. The molecule has 2 amide bonds. The van der Waals surface area contributed by atoms with E-state index in [0.29, 0.717) is 10.7 Å². The van der Waals surface area contributed by atoms with Gasteiger partial charge in [0.1, 0.15) is 0 Å². The lowest BCUT2D eigenvalue weighted by Gasteiger charge is -2.20. The molecule has 6 nitrogen and oxygen atoms in total. The standard InChI is InChI=1S/C17H19N3O3S/c18-16(22)12-6-4-11(5-7-12)9-15(21)20-17-19-10-14(24-17)13-3-1-2-8-23-13/h4-7,10,13H,1-3,8-9H2,(H2,18,22)(H,19,20,21). The van der Waals surface area contributed by atoms with Gasteiger partial charge in [0.2, 0.25) is 11.8 Å². The van der Waals surface area contributed by atoms with Crippen molar-refractivity contribution in [1.82, 2.24) is 4.98 Å². The third-order valence-electron chi connectivity index (χ3n) is 3.87. The van der Waals surface area contributed by atoms with Gasteiger partial charge < -0.3 is 15.8 Å². The Hall–Kier alpha value is -2.25. The lowest BCUT2D eigenvalue weighted by Crippen LogP contribution is -2.15. The van der Waals surface area contributed by atoms with Crippen LogP contribution in [-0.4, -0.2) is 23.4 Å². The number of anilines is 1. The molecule has 3 N–H and O–H groups in total. The molecule has 1 aliphatic rings. The number of benzene rings is 1. The topological polar surface area (TPSA) is 94.3 Å². The van der Waals surface area contributed by atoms with Gasteiger partial charge in [0, 0.05) is 18.4 Å². The number of rotatable bonds is 5. The first-order valence-corrected chi connectivity index (χ1v) is 8.69. The lowest BCUT2D eigenvalue weighted by molar-refractivity contribution is -0.115. The van der Waals surface area contributed by atoms with Gasteiger partial charge in [-0.25, -0.2) is 4.98 Å². The lowest BCUT2D eigenvalue weighted by atomic mass is 10.1. The molecule has 2 heterocycles. The Morgan fingerprint density at radius 3 is 2.75 bits per heavy atom. The van der Waals surface area contributed by atoms with E-state index in [-0.39, 0.29) is 18.4 Å². The van der Waals surface area contributed by atoms with Crippen molar-refractivity contribution >= 4 is 28.3 Å². The maximum absolute atomic E-state index is 12.1. The molecule has 0 radical (unpaired) electrons. The molecule has 1 atom stereocenters. The fourth-order valence-electron chi connectivity index (χ4n) is 2.59. The predicted molar refractivity (Wildman–Crippen MR) is 92.0 cm³/mol. The zero-order chi connectivity index (χ0) is 16.9. The number of amides is 2. The van der Waals surface area contributed by atoms with E-state index in [2.05, 4.69) is 10.3 Å². The van der Waals surface area contributed by atoms with Crippen molar-refractivity contribution in [2.45, 2.75) is 31.8 Å². The van der Waals surface area contributed by atoms with Gasteiger partial charge in [-0.3, -0.25) is 9.59 Å². The molecule has 1 unspecified atom stereocenters. The third-order valence-corrected chi connectivity index (χ3v) is 4.87. The smallest absolute Gasteiger partial charge is 0.248 e. The van der Waals surface area contributed by atoms with Gasteiger partial charge in [-0.15, -0.1) is 0 Å². The van der Waals surface area contributed by atoms with Crippen molar-refractivity contribution in [2.24, 2.45) is 5.73 Å². The molecular weight excluding hydrogens is 326 g/mol. The van der Waals surface area contributed by atoms with Gasteiger partial charge in [-0.05, 0) is 37.0 Å². The number of nitrogens with zero attached hydrogens (tertiary/aromatic N) is 1. The number of nitrogens with two attached hydrogens (primary N) is 1. The van der Waals surface area contributed by atoms with Crippen LogP contribution < -0.4 is 11.1 Å². The summed E-state index contributed by atoms with van der Waals surface area (Å²) in [5, 5.41) is 3.39. The van der Waals surface area contributed by atoms with Crippen LogP contribution in [0.25, 0.3) is 0 Å². The molecule has 0 saturated carbocycles. The molecule has 3 rings (SSSR count). The number of primary amides is 1. The van der Waals surface area contributed by atoms with Crippen molar-refractivity contribution < 1.29 is 14.3 Å². The number of carbonyl (C=O) groups excluding carboxylic acids is 2. The van der Waals surface area contributed by atoms with Gasteiger partial charge in [0.15, 0.2) is 5.13 Å². The predicted octanol–water partition coefficient (Wildman–Crippen LogP) is 2.66. The first kappa shape index (κ1) is 16.6. The van der Waals surface area contributed by atoms with Crippen LogP contribution in [0, 0.1) is 0 Å². The summed E-state index contributed by atoms with van der Waals surface area (Å²) in [6.07, 6.45) is 5.36. The molecule has 1 aliphatic heterocycles. The number of aromatic nitrogens is 1. The second-order valence-electron chi connectivity index (χ2n) is 5.71. The Kier molecular flexibility index (Phi) is 5.22. The number of hydrogen-bond acceptors (Lipinski definition) is 5. The summed E-state index contributed by atoms with van der Waals surface area (Å²) in [4.78, 5) is 28.5. The largest absolute Gasteiger partial charge is 0.373 e. The van der Waals surface area contributed by atoms with Crippen LogP contribution in [0.15, 0.2) is 30.5 Å². The fourth-order valence-corrected chi connectivity index (χ4v) is 3.51. The molecular formula is C17H19N3O3S. The highest BCUT2D eigenvalue weighted by molar-refractivity contribution is 7.15. The number of hydrogen-bond donors (Lipinski definition) is 2. The normalized spacial score (nSPS) is 17.4. The molecule has 24 heavy (non-hydrogen) atoms. The molecule has 1 fully saturated rings. The molecule has 2 aromatic rings. The molecule has 1 aromatic heterocycles. The number of carbonyl (C=O) groups is 2. The van der Waals surface area contributed by atoms with Crippen LogP contribution in [-0.2, 0) is 16.0 Å². The Bertz CT molecular complexity index is 721.